The van der Waals surface area contributed by atoms with Crippen molar-refractivity contribution < 1.29 is 9.53 Å². The Bertz CT molecular complexity index is 591. The molecule has 0 radical (unpaired) electrons. The van der Waals surface area contributed by atoms with Gasteiger partial charge in [-0.2, -0.15) is 5.10 Å². The molecule has 8 heteroatoms. The first-order valence-corrected chi connectivity index (χ1v) is 10.3. The Morgan fingerprint density at radius 1 is 1.35 bits per heavy atom. The molecule has 1 aromatic heterocycles. The highest BCUT2D eigenvalue weighted by Gasteiger charge is 2.14. The summed E-state index contributed by atoms with van der Waals surface area (Å²) >= 11 is 1.33. The van der Waals surface area contributed by atoms with Crippen molar-refractivity contribution in [3.63, 3.8) is 0 Å². The highest BCUT2D eigenvalue weighted by Crippen LogP contribution is 2.19. The highest BCUT2D eigenvalue weighted by molar-refractivity contribution is 7.99. The van der Waals surface area contributed by atoms with E-state index in [4.69, 9.17) is 4.74 Å². The third-order valence-electron chi connectivity index (χ3n) is 3.95. The van der Waals surface area contributed by atoms with Gasteiger partial charge in [-0.1, -0.05) is 37.9 Å². The number of aryl methyl sites for hydroxylation is 1. The number of carbonyl (C=O) groups excluding carboxylic acids is 1. The number of morpholine rings is 1. The van der Waals surface area contributed by atoms with Crippen LogP contribution in [0.25, 0.3) is 0 Å². The van der Waals surface area contributed by atoms with Gasteiger partial charge < -0.3 is 9.64 Å². The number of anilines is 1. The number of unbranched alkanes of at least 4 members (excludes halogenated alkanes) is 4. The summed E-state index contributed by atoms with van der Waals surface area (Å²) in [7, 11) is 0. The lowest BCUT2D eigenvalue weighted by Gasteiger charge is -2.28. The number of hydrogen-bond donors (Lipinski definition) is 1. The quantitative estimate of drug-likeness (QED) is 0.221. The van der Waals surface area contributed by atoms with Gasteiger partial charge in [-0.3, -0.25) is 4.79 Å². The monoisotopic (exact) mass is 379 g/mol. The van der Waals surface area contributed by atoms with Gasteiger partial charge in [0, 0.05) is 31.1 Å². The number of carbonyl (C=O) groups is 1. The van der Waals surface area contributed by atoms with Crippen LogP contribution >= 0.6 is 11.8 Å². The number of hydrogen-bond acceptors (Lipinski definition) is 7. The van der Waals surface area contributed by atoms with Crippen molar-refractivity contribution in [3.05, 3.63) is 11.8 Å². The topological polar surface area (TPSA) is 79.7 Å². The fourth-order valence-electron chi connectivity index (χ4n) is 2.55. The van der Waals surface area contributed by atoms with Gasteiger partial charge >= 0.3 is 0 Å². The third-order valence-corrected chi connectivity index (χ3v) is 4.80. The van der Waals surface area contributed by atoms with Crippen LogP contribution in [-0.4, -0.2) is 54.1 Å². The summed E-state index contributed by atoms with van der Waals surface area (Å²) in [5.74, 6) is 1.01. The number of aromatic nitrogens is 2. The molecule has 7 nitrogen and oxygen atoms in total. The number of nitrogens with one attached hydrogen (secondary N) is 1. The Labute approximate surface area is 160 Å². The second kappa shape index (κ2) is 11.9. The van der Waals surface area contributed by atoms with Crippen molar-refractivity contribution in [2.75, 3.05) is 37.0 Å². The van der Waals surface area contributed by atoms with Crippen molar-refractivity contribution in [1.29, 1.82) is 0 Å². The normalized spacial score (nSPS) is 14.8. The molecule has 2 heterocycles. The van der Waals surface area contributed by atoms with Crippen LogP contribution in [-0.2, 0) is 9.53 Å². The second-order valence-corrected chi connectivity index (χ2v) is 7.18. The molecule has 0 atom stereocenters. The smallest absolute Gasteiger partial charge is 0.250 e. The predicted molar refractivity (Wildman–Crippen MR) is 106 cm³/mol. The predicted octanol–water partition coefficient (Wildman–Crippen LogP) is 2.79. The average Bonchev–Trinajstić information content (AvgIpc) is 2.66. The lowest BCUT2D eigenvalue weighted by atomic mass is 10.2. The lowest BCUT2D eigenvalue weighted by Crippen LogP contribution is -2.36. The molecule has 1 N–H and O–H groups in total. The Balaban J connectivity index is 1.75. The molecule has 1 aromatic rings. The van der Waals surface area contributed by atoms with E-state index in [2.05, 4.69) is 32.3 Å². The van der Waals surface area contributed by atoms with Crippen LogP contribution in [0.4, 0.5) is 5.82 Å². The molecule has 0 unspecified atom stereocenters. The van der Waals surface area contributed by atoms with Gasteiger partial charge in [-0.15, -0.1) is 0 Å². The zero-order valence-electron chi connectivity index (χ0n) is 15.7. The molecule has 26 heavy (non-hydrogen) atoms. The summed E-state index contributed by atoms with van der Waals surface area (Å²) in [4.78, 5) is 23.1. The van der Waals surface area contributed by atoms with E-state index < -0.39 is 0 Å². The number of amides is 1. The van der Waals surface area contributed by atoms with E-state index in [9.17, 15) is 4.79 Å². The van der Waals surface area contributed by atoms with Gasteiger partial charge in [0.1, 0.15) is 5.82 Å². The zero-order valence-corrected chi connectivity index (χ0v) is 16.6. The van der Waals surface area contributed by atoms with Gasteiger partial charge in [-0.05, 0) is 19.8 Å². The van der Waals surface area contributed by atoms with Crippen LogP contribution in [0.3, 0.4) is 0 Å². The van der Waals surface area contributed by atoms with Crippen molar-refractivity contribution >= 4 is 29.7 Å². The second-order valence-electron chi connectivity index (χ2n) is 6.23. The maximum absolute atomic E-state index is 11.9. The molecule has 1 aliphatic heterocycles. The van der Waals surface area contributed by atoms with E-state index in [1.165, 1.54) is 31.0 Å². The van der Waals surface area contributed by atoms with Gasteiger partial charge in [0.2, 0.25) is 0 Å². The summed E-state index contributed by atoms with van der Waals surface area (Å²) in [6.07, 6.45) is 7.47. The minimum absolute atomic E-state index is 0.141. The van der Waals surface area contributed by atoms with Gasteiger partial charge in [0.05, 0.1) is 19.0 Å². The molecule has 2 rings (SSSR count). The van der Waals surface area contributed by atoms with E-state index in [1.54, 1.807) is 6.21 Å². The number of thioether (sulfide) groups is 1. The lowest BCUT2D eigenvalue weighted by molar-refractivity contribution is -0.118. The van der Waals surface area contributed by atoms with Gasteiger partial charge in [0.15, 0.2) is 5.16 Å². The first-order chi connectivity index (χ1) is 12.7. The number of ether oxygens (including phenoxy) is 1. The van der Waals surface area contributed by atoms with Gasteiger partial charge in [-0.25, -0.2) is 15.4 Å². The van der Waals surface area contributed by atoms with Crippen molar-refractivity contribution in [3.8, 4) is 0 Å². The van der Waals surface area contributed by atoms with Crippen LogP contribution in [0.2, 0.25) is 0 Å². The average molecular weight is 380 g/mol. The Hall–Kier alpha value is -1.67. The molecule has 1 amide bonds. The SMILES string of the molecule is CCCCCC/C=N\NC(=O)CSc1nc(C)cc(N2CCOCC2)n1. The van der Waals surface area contributed by atoms with E-state index in [0.29, 0.717) is 18.4 Å². The largest absolute Gasteiger partial charge is 0.378 e. The summed E-state index contributed by atoms with van der Waals surface area (Å²) < 4.78 is 5.38. The molecular weight excluding hydrogens is 350 g/mol. The van der Waals surface area contributed by atoms with Crippen LogP contribution in [0, 0.1) is 6.92 Å². The Morgan fingerprint density at radius 2 is 2.15 bits per heavy atom. The maximum Gasteiger partial charge on any atom is 0.250 e. The first kappa shape index (κ1) is 20.6. The molecule has 144 valence electrons. The number of rotatable bonds is 10. The van der Waals surface area contributed by atoms with E-state index in [0.717, 1.165) is 37.4 Å². The van der Waals surface area contributed by atoms with E-state index >= 15 is 0 Å². The molecular formula is C18H29N5O2S. The molecule has 1 saturated heterocycles. The zero-order chi connectivity index (χ0) is 18.6. The molecule has 1 fully saturated rings. The van der Waals surface area contributed by atoms with Crippen LogP contribution < -0.4 is 10.3 Å². The fourth-order valence-corrected chi connectivity index (χ4v) is 3.24. The van der Waals surface area contributed by atoms with Crippen molar-refractivity contribution in [2.45, 2.75) is 51.1 Å². The first-order valence-electron chi connectivity index (χ1n) is 9.30. The number of hydrazone groups is 1. The molecule has 0 bridgehead atoms. The standard InChI is InChI=1S/C18H29N5O2S/c1-3-4-5-6-7-8-19-22-17(24)14-26-18-20-15(2)13-16(21-18)23-9-11-25-12-10-23/h8,13H,3-7,9-12,14H2,1-2H3,(H,22,24)/b19-8-. The summed E-state index contributed by atoms with van der Waals surface area (Å²) in [6.45, 7) is 7.21. The number of nitrogens with zero attached hydrogens (tertiary/aromatic N) is 4. The molecule has 0 spiro atoms. The Morgan fingerprint density at radius 3 is 2.92 bits per heavy atom. The van der Waals surface area contributed by atoms with Crippen molar-refractivity contribution in [1.82, 2.24) is 15.4 Å². The van der Waals surface area contributed by atoms with Gasteiger partial charge in [0.25, 0.3) is 5.91 Å². The molecule has 1 aliphatic rings. The van der Waals surface area contributed by atoms with Crippen LogP contribution in [0.15, 0.2) is 16.3 Å². The van der Waals surface area contributed by atoms with E-state index in [1.807, 2.05) is 13.0 Å². The van der Waals surface area contributed by atoms with E-state index in [-0.39, 0.29) is 11.7 Å². The van der Waals surface area contributed by atoms with Crippen LogP contribution in [0.1, 0.15) is 44.7 Å². The summed E-state index contributed by atoms with van der Waals surface area (Å²) in [5, 5.41) is 4.60. The Kier molecular flexibility index (Phi) is 9.41. The molecule has 0 saturated carbocycles. The fraction of sp³-hybridized carbons (Fsp3) is 0.667. The highest BCUT2D eigenvalue weighted by atomic mass is 32.2. The summed E-state index contributed by atoms with van der Waals surface area (Å²) in [6, 6.07) is 1.97. The molecule has 0 aromatic carbocycles. The van der Waals surface area contributed by atoms with Crippen molar-refractivity contribution in [2.24, 2.45) is 5.10 Å². The molecule has 0 aliphatic carbocycles. The minimum Gasteiger partial charge on any atom is -0.378 e. The third kappa shape index (κ3) is 7.70. The summed E-state index contributed by atoms with van der Waals surface area (Å²) in [5.41, 5.74) is 3.46. The van der Waals surface area contributed by atoms with Crippen LogP contribution in [0.5, 0.6) is 0 Å². The maximum atomic E-state index is 11.9. The minimum atomic E-state index is -0.141.